The zero-order valence-electron chi connectivity index (χ0n) is 18.8. The number of pyridine rings is 1. The Kier molecular flexibility index (Phi) is 5.55. The molecule has 1 aromatic heterocycles. The lowest BCUT2D eigenvalue weighted by atomic mass is 9.54. The third kappa shape index (κ3) is 3.85. The molecule has 0 radical (unpaired) electrons. The molecule has 3 aliphatic rings. The van der Waals surface area contributed by atoms with Crippen molar-refractivity contribution in [2.24, 2.45) is 17.3 Å². The Morgan fingerprint density at radius 1 is 1.24 bits per heavy atom. The summed E-state index contributed by atoms with van der Waals surface area (Å²) in [4.78, 5) is 27.2. The van der Waals surface area contributed by atoms with Gasteiger partial charge in [0.05, 0.1) is 12.6 Å². The Balaban J connectivity index is 1.34. The van der Waals surface area contributed by atoms with Gasteiger partial charge in [-0.2, -0.15) is 0 Å². The molecule has 0 unspecified atom stereocenters. The molecule has 1 fully saturated rings. The number of rotatable bonds is 5. The number of aromatic nitrogens is 1. The number of benzene rings is 1. The minimum Gasteiger partial charge on any atom is -0.481 e. The number of carbonyl (C=O) groups excluding carboxylic acids is 1. The van der Waals surface area contributed by atoms with Crippen molar-refractivity contribution >= 4 is 17.4 Å². The fourth-order valence-electron chi connectivity index (χ4n) is 6.68. The molecule has 2 N–H and O–H groups in total. The highest BCUT2D eigenvalue weighted by molar-refractivity contribution is 5.94. The number of carboxylic acids is 1. The first-order chi connectivity index (χ1) is 15.9. The van der Waals surface area contributed by atoms with Crippen molar-refractivity contribution in [2.75, 3.05) is 6.54 Å². The number of allylic oxidation sites excluding steroid dienone is 2. The van der Waals surface area contributed by atoms with Crippen LogP contribution in [0.5, 0.6) is 0 Å². The van der Waals surface area contributed by atoms with Crippen LogP contribution in [0.2, 0.25) is 0 Å². The van der Waals surface area contributed by atoms with E-state index in [9.17, 15) is 14.0 Å². The number of fused-ring (bicyclic) bond motifs is 5. The molecule has 0 spiro atoms. The van der Waals surface area contributed by atoms with Crippen LogP contribution in [-0.2, 0) is 11.2 Å². The molecular formula is C27H29FN2O3. The second-order valence-electron chi connectivity index (χ2n) is 9.93. The quantitative estimate of drug-likeness (QED) is 0.677. The van der Waals surface area contributed by atoms with E-state index in [1.165, 1.54) is 22.9 Å². The zero-order chi connectivity index (χ0) is 23.2. The van der Waals surface area contributed by atoms with E-state index in [-0.39, 0.29) is 30.1 Å². The number of aliphatic carboxylic acids is 1. The van der Waals surface area contributed by atoms with Gasteiger partial charge in [-0.3, -0.25) is 14.6 Å². The molecule has 1 amide bonds. The molecule has 1 saturated carbocycles. The number of carboxylic acid groups (broad SMARTS) is 1. The van der Waals surface area contributed by atoms with Gasteiger partial charge in [0.15, 0.2) is 0 Å². The van der Waals surface area contributed by atoms with Crippen LogP contribution in [0.15, 0.2) is 42.7 Å². The Labute approximate surface area is 193 Å². The van der Waals surface area contributed by atoms with Crippen molar-refractivity contribution in [3.05, 3.63) is 70.8 Å². The van der Waals surface area contributed by atoms with Gasteiger partial charge in [0.25, 0.3) is 5.91 Å². The average Bonchev–Trinajstić information content (AvgIpc) is 3.15. The minimum atomic E-state index is -0.922. The van der Waals surface area contributed by atoms with Crippen LogP contribution >= 0.6 is 0 Å². The van der Waals surface area contributed by atoms with Gasteiger partial charge in [-0.1, -0.05) is 19.1 Å². The molecule has 4 atom stereocenters. The second kappa shape index (κ2) is 8.40. The Morgan fingerprint density at radius 2 is 2.09 bits per heavy atom. The van der Waals surface area contributed by atoms with Gasteiger partial charge in [-0.05, 0) is 95.7 Å². The predicted molar refractivity (Wildman–Crippen MR) is 123 cm³/mol. The molecule has 0 bridgehead atoms. The van der Waals surface area contributed by atoms with E-state index in [2.05, 4.69) is 29.4 Å². The lowest BCUT2D eigenvalue weighted by Crippen LogP contribution is -2.41. The third-order valence-electron chi connectivity index (χ3n) is 8.21. The Hall–Kier alpha value is -3.02. The summed E-state index contributed by atoms with van der Waals surface area (Å²) in [7, 11) is 0. The monoisotopic (exact) mass is 448 g/mol. The average molecular weight is 449 g/mol. The van der Waals surface area contributed by atoms with Crippen molar-refractivity contribution in [3.8, 4) is 0 Å². The fourth-order valence-corrected chi connectivity index (χ4v) is 6.68. The van der Waals surface area contributed by atoms with E-state index in [1.807, 2.05) is 12.1 Å². The molecule has 0 aliphatic heterocycles. The summed E-state index contributed by atoms with van der Waals surface area (Å²) in [5.41, 5.74) is 5.40. The van der Waals surface area contributed by atoms with E-state index in [0.29, 0.717) is 23.3 Å². The molecule has 172 valence electrons. The van der Waals surface area contributed by atoms with Gasteiger partial charge in [-0.15, -0.1) is 0 Å². The highest BCUT2D eigenvalue weighted by atomic mass is 19.1. The summed E-state index contributed by atoms with van der Waals surface area (Å²) >= 11 is 0. The molecule has 3 aliphatic carbocycles. The highest BCUT2D eigenvalue weighted by Gasteiger charge is 2.52. The Bertz CT molecular complexity index is 1140. The second-order valence-corrected chi connectivity index (χ2v) is 9.93. The first-order valence-corrected chi connectivity index (χ1v) is 11.8. The number of hydrogen-bond donors (Lipinski definition) is 2. The summed E-state index contributed by atoms with van der Waals surface area (Å²) < 4.78 is 13.9. The maximum Gasteiger partial charge on any atom is 0.305 e. The third-order valence-corrected chi connectivity index (χ3v) is 8.21. The summed E-state index contributed by atoms with van der Waals surface area (Å²) in [6, 6.07) is 7.59. The van der Waals surface area contributed by atoms with Crippen LogP contribution in [0.3, 0.4) is 0 Å². The van der Waals surface area contributed by atoms with Gasteiger partial charge in [0.1, 0.15) is 5.82 Å². The van der Waals surface area contributed by atoms with E-state index in [1.54, 1.807) is 12.3 Å². The van der Waals surface area contributed by atoms with Gasteiger partial charge in [0, 0.05) is 18.3 Å². The standard InChI is InChI=1S/C27H29FN2O3/c1-27-10-8-21-20-4-3-17(26(33)30-11-9-25(31)32)12-16(20)2-5-22(21)24(27)7-6-23(27)18-13-19(28)15-29-14-18/h3-4,6,12-15,21-22,24H,2,5,7-11H2,1H3,(H,30,33)(H,31,32)/t21-,22-,24+,27-/m1/s1. The number of aryl methyl sites for hydroxylation is 1. The molecule has 33 heavy (non-hydrogen) atoms. The van der Waals surface area contributed by atoms with Gasteiger partial charge < -0.3 is 10.4 Å². The number of nitrogens with one attached hydrogen (secondary N) is 1. The lowest BCUT2D eigenvalue weighted by molar-refractivity contribution is -0.136. The van der Waals surface area contributed by atoms with Crippen LogP contribution < -0.4 is 5.32 Å². The van der Waals surface area contributed by atoms with Crippen LogP contribution in [-0.4, -0.2) is 28.5 Å². The van der Waals surface area contributed by atoms with E-state index >= 15 is 0 Å². The topological polar surface area (TPSA) is 79.3 Å². The maximum absolute atomic E-state index is 13.9. The number of amides is 1. The molecule has 1 aromatic carbocycles. The molecule has 6 heteroatoms. The SMILES string of the molecule is C[C@]12CC[C@@H]3c4ccc(C(=O)NCCC(=O)O)cc4CC[C@H]3[C@@H]1CC=C2c1cncc(F)c1. The van der Waals surface area contributed by atoms with Crippen LogP contribution in [0.1, 0.15) is 72.0 Å². The maximum atomic E-state index is 13.9. The zero-order valence-corrected chi connectivity index (χ0v) is 18.8. The molecule has 5 nitrogen and oxygen atoms in total. The van der Waals surface area contributed by atoms with Crippen molar-refractivity contribution in [2.45, 2.75) is 51.4 Å². The van der Waals surface area contributed by atoms with Gasteiger partial charge in [-0.25, -0.2) is 4.39 Å². The van der Waals surface area contributed by atoms with Crippen LogP contribution in [0, 0.1) is 23.1 Å². The number of carbonyl (C=O) groups is 2. The molecular weight excluding hydrogens is 419 g/mol. The van der Waals surface area contributed by atoms with Gasteiger partial charge in [0.2, 0.25) is 0 Å². The first kappa shape index (κ1) is 21.8. The predicted octanol–water partition coefficient (Wildman–Crippen LogP) is 4.97. The molecule has 1 heterocycles. The van der Waals surface area contributed by atoms with Crippen molar-refractivity contribution in [1.29, 1.82) is 0 Å². The molecule has 5 rings (SSSR count). The van der Waals surface area contributed by atoms with Crippen molar-refractivity contribution in [1.82, 2.24) is 10.3 Å². The molecule has 2 aromatic rings. The lowest BCUT2D eigenvalue weighted by Gasteiger charge is -2.50. The smallest absolute Gasteiger partial charge is 0.305 e. The van der Waals surface area contributed by atoms with Crippen molar-refractivity contribution < 1.29 is 19.1 Å². The Morgan fingerprint density at radius 3 is 2.88 bits per heavy atom. The van der Waals surface area contributed by atoms with E-state index < -0.39 is 5.97 Å². The minimum absolute atomic E-state index is 0.0398. The van der Waals surface area contributed by atoms with E-state index in [4.69, 9.17) is 5.11 Å². The largest absolute Gasteiger partial charge is 0.481 e. The summed E-state index contributed by atoms with van der Waals surface area (Å²) in [6.07, 6.45) is 10.4. The fraction of sp³-hybridized carbons (Fsp3) is 0.444. The number of halogens is 1. The number of nitrogens with zero attached hydrogens (tertiary/aromatic N) is 1. The summed E-state index contributed by atoms with van der Waals surface area (Å²) in [6.45, 7) is 2.48. The van der Waals surface area contributed by atoms with Gasteiger partial charge >= 0.3 is 5.97 Å². The number of hydrogen-bond acceptors (Lipinski definition) is 3. The first-order valence-electron chi connectivity index (χ1n) is 11.8. The van der Waals surface area contributed by atoms with Crippen LogP contribution in [0.25, 0.3) is 5.57 Å². The van der Waals surface area contributed by atoms with Crippen molar-refractivity contribution in [3.63, 3.8) is 0 Å². The normalized spacial score (nSPS) is 27.7. The highest BCUT2D eigenvalue weighted by Crippen LogP contribution is 2.63. The summed E-state index contributed by atoms with van der Waals surface area (Å²) in [5, 5.41) is 11.5. The van der Waals surface area contributed by atoms with E-state index in [0.717, 1.165) is 37.7 Å². The van der Waals surface area contributed by atoms with Crippen LogP contribution in [0.4, 0.5) is 4.39 Å². The summed E-state index contributed by atoms with van der Waals surface area (Å²) in [5.74, 6) is 0.154. The molecule has 0 saturated heterocycles.